The molecule has 1 aromatic rings. The molecule has 2 heterocycles. The van der Waals surface area contributed by atoms with E-state index in [2.05, 4.69) is 28.1 Å². The molecule has 0 unspecified atom stereocenters. The number of benzene rings is 1. The number of alkyl halides is 3. The van der Waals surface area contributed by atoms with E-state index in [9.17, 15) is 13.2 Å². The predicted molar refractivity (Wildman–Crippen MR) is 86.5 cm³/mol. The zero-order chi connectivity index (χ0) is 17.2. The highest BCUT2D eigenvalue weighted by atomic mass is 19.4. The number of anilines is 1. The van der Waals surface area contributed by atoms with Crippen LogP contribution < -0.4 is 10.3 Å². The fraction of sp³-hybridized carbons (Fsp3) is 0.647. The Labute approximate surface area is 140 Å². The van der Waals surface area contributed by atoms with Gasteiger partial charge in [-0.2, -0.15) is 0 Å². The Hall–Kier alpha value is -1.31. The third-order valence-corrected chi connectivity index (χ3v) is 4.84. The molecular weight excluding hydrogens is 319 g/mol. The van der Waals surface area contributed by atoms with Crippen molar-refractivity contribution in [3.8, 4) is 0 Å². The SMILES string of the molecule is Cc1cccc2c1CN(CC1CCNCC1)N2CCOC(F)(F)F. The van der Waals surface area contributed by atoms with E-state index >= 15 is 0 Å². The molecule has 4 nitrogen and oxygen atoms in total. The summed E-state index contributed by atoms with van der Waals surface area (Å²) in [5.74, 6) is 0.576. The lowest BCUT2D eigenvalue weighted by Crippen LogP contribution is -2.44. The van der Waals surface area contributed by atoms with Gasteiger partial charge in [0.05, 0.1) is 18.8 Å². The molecule has 1 N–H and O–H groups in total. The second-order valence-electron chi connectivity index (χ2n) is 6.53. The Morgan fingerprint density at radius 1 is 1.25 bits per heavy atom. The minimum Gasteiger partial charge on any atom is -0.317 e. The first-order valence-corrected chi connectivity index (χ1v) is 8.46. The van der Waals surface area contributed by atoms with Crippen LogP contribution >= 0.6 is 0 Å². The van der Waals surface area contributed by atoms with Gasteiger partial charge in [-0.15, -0.1) is 13.2 Å². The second kappa shape index (κ2) is 7.29. The van der Waals surface area contributed by atoms with Crippen LogP contribution in [0.25, 0.3) is 0 Å². The van der Waals surface area contributed by atoms with Crippen molar-refractivity contribution in [3.63, 3.8) is 0 Å². The molecular formula is C17H24F3N3O. The van der Waals surface area contributed by atoms with Crippen LogP contribution in [0.2, 0.25) is 0 Å². The van der Waals surface area contributed by atoms with Crippen molar-refractivity contribution in [1.82, 2.24) is 10.3 Å². The van der Waals surface area contributed by atoms with E-state index in [1.165, 1.54) is 11.1 Å². The van der Waals surface area contributed by atoms with E-state index in [4.69, 9.17) is 0 Å². The van der Waals surface area contributed by atoms with Crippen molar-refractivity contribution >= 4 is 5.69 Å². The number of piperidine rings is 1. The van der Waals surface area contributed by atoms with Crippen LogP contribution in [0, 0.1) is 12.8 Å². The van der Waals surface area contributed by atoms with Gasteiger partial charge < -0.3 is 10.3 Å². The van der Waals surface area contributed by atoms with Gasteiger partial charge in [0.25, 0.3) is 0 Å². The maximum Gasteiger partial charge on any atom is 0.522 e. The zero-order valence-electron chi connectivity index (χ0n) is 13.9. The summed E-state index contributed by atoms with van der Waals surface area (Å²) in [5.41, 5.74) is 3.40. The second-order valence-corrected chi connectivity index (χ2v) is 6.53. The minimum atomic E-state index is -4.57. The summed E-state index contributed by atoms with van der Waals surface area (Å²) in [6, 6.07) is 6.00. The smallest absolute Gasteiger partial charge is 0.317 e. The van der Waals surface area contributed by atoms with Gasteiger partial charge in [-0.25, -0.2) is 5.01 Å². The fourth-order valence-electron chi connectivity index (χ4n) is 3.59. The van der Waals surface area contributed by atoms with Gasteiger partial charge in [0.2, 0.25) is 0 Å². The van der Waals surface area contributed by atoms with E-state index in [1.54, 1.807) is 0 Å². The number of ether oxygens (including phenoxy) is 1. The summed E-state index contributed by atoms with van der Waals surface area (Å²) in [4.78, 5) is 0. The Balaban J connectivity index is 1.70. The number of hydrogen-bond acceptors (Lipinski definition) is 4. The molecule has 3 rings (SSSR count). The standard InChI is InChI=1S/C17H24F3N3O/c1-13-3-2-4-16-15(13)12-22(11-14-5-7-21-8-6-14)23(16)9-10-24-17(18,19)20/h2-4,14,21H,5-12H2,1H3. The van der Waals surface area contributed by atoms with Crippen LogP contribution in [0.15, 0.2) is 18.2 Å². The van der Waals surface area contributed by atoms with Crippen molar-refractivity contribution < 1.29 is 17.9 Å². The maximum absolute atomic E-state index is 12.3. The topological polar surface area (TPSA) is 27.7 Å². The minimum absolute atomic E-state index is 0.209. The van der Waals surface area contributed by atoms with Gasteiger partial charge in [-0.3, -0.25) is 4.74 Å². The van der Waals surface area contributed by atoms with Gasteiger partial charge in [-0.1, -0.05) is 12.1 Å². The molecule has 0 amide bonds. The van der Waals surface area contributed by atoms with Crippen LogP contribution in [0.4, 0.5) is 18.9 Å². The van der Waals surface area contributed by atoms with Gasteiger partial charge in [0.1, 0.15) is 0 Å². The Morgan fingerprint density at radius 3 is 2.71 bits per heavy atom. The van der Waals surface area contributed by atoms with E-state index in [-0.39, 0.29) is 13.2 Å². The molecule has 0 radical (unpaired) electrons. The molecule has 1 saturated heterocycles. The van der Waals surface area contributed by atoms with Crippen molar-refractivity contribution in [3.05, 3.63) is 29.3 Å². The lowest BCUT2D eigenvalue weighted by Gasteiger charge is -2.34. The average molecular weight is 343 g/mol. The number of hydrogen-bond donors (Lipinski definition) is 1. The molecule has 1 fully saturated rings. The molecule has 1 aromatic carbocycles. The van der Waals surface area contributed by atoms with Crippen molar-refractivity contribution in [2.45, 2.75) is 32.7 Å². The first kappa shape index (κ1) is 17.5. The molecule has 134 valence electrons. The molecule has 2 aliphatic rings. The predicted octanol–water partition coefficient (Wildman–Crippen LogP) is 3.07. The summed E-state index contributed by atoms with van der Waals surface area (Å²) in [6.45, 7) is 5.57. The van der Waals surface area contributed by atoms with Crippen LogP contribution in [0.5, 0.6) is 0 Å². The quantitative estimate of drug-likeness (QED) is 0.889. The fourth-order valence-corrected chi connectivity index (χ4v) is 3.59. The normalized spacial score (nSPS) is 19.8. The molecule has 0 aliphatic carbocycles. The number of hydrazine groups is 1. The van der Waals surface area contributed by atoms with Crippen LogP contribution in [-0.4, -0.2) is 44.2 Å². The van der Waals surface area contributed by atoms with Gasteiger partial charge in [0, 0.05) is 13.1 Å². The summed E-state index contributed by atoms with van der Waals surface area (Å²) >= 11 is 0. The van der Waals surface area contributed by atoms with Crippen LogP contribution in [-0.2, 0) is 11.3 Å². The van der Waals surface area contributed by atoms with E-state index in [1.807, 2.05) is 17.1 Å². The highest BCUT2D eigenvalue weighted by Gasteiger charge is 2.33. The van der Waals surface area contributed by atoms with Crippen molar-refractivity contribution in [1.29, 1.82) is 0 Å². The van der Waals surface area contributed by atoms with E-state index in [0.717, 1.165) is 44.7 Å². The molecule has 7 heteroatoms. The van der Waals surface area contributed by atoms with E-state index < -0.39 is 6.36 Å². The Bertz CT molecular complexity index is 559. The number of nitrogens with zero attached hydrogens (tertiary/aromatic N) is 2. The molecule has 0 saturated carbocycles. The Morgan fingerprint density at radius 2 is 2.00 bits per heavy atom. The van der Waals surface area contributed by atoms with Crippen LogP contribution in [0.3, 0.4) is 0 Å². The summed E-state index contributed by atoms with van der Waals surface area (Å²) in [6.07, 6.45) is -2.35. The summed E-state index contributed by atoms with van der Waals surface area (Å²) in [7, 11) is 0. The van der Waals surface area contributed by atoms with Gasteiger partial charge in [-0.05, 0) is 56.0 Å². The third kappa shape index (κ3) is 4.20. The largest absolute Gasteiger partial charge is 0.522 e. The first-order chi connectivity index (χ1) is 11.4. The van der Waals surface area contributed by atoms with Gasteiger partial charge >= 0.3 is 6.36 Å². The summed E-state index contributed by atoms with van der Waals surface area (Å²) < 4.78 is 40.9. The monoisotopic (exact) mass is 343 g/mol. The summed E-state index contributed by atoms with van der Waals surface area (Å²) in [5, 5.41) is 7.51. The number of nitrogens with one attached hydrogen (secondary N) is 1. The lowest BCUT2D eigenvalue weighted by atomic mass is 9.98. The van der Waals surface area contributed by atoms with Crippen LogP contribution in [0.1, 0.15) is 24.0 Å². The van der Waals surface area contributed by atoms with Gasteiger partial charge in [0.15, 0.2) is 0 Å². The highest BCUT2D eigenvalue weighted by Crippen LogP contribution is 2.34. The highest BCUT2D eigenvalue weighted by molar-refractivity contribution is 5.59. The van der Waals surface area contributed by atoms with Crippen molar-refractivity contribution in [2.75, 3.05) is 37.8 Å². The molecule has 0 aromatic heterocycles. The molecule has 0 bridgehead atoms. The average Bonchev–Trinajstić information content (AvgIpc) is 2.87. The lowest BCUT2D eigenvalue weighted by molar-refractivity contribution is -0.323. The third-order valence-electron chi connectivity index (χ3n) is 4.84. The first-order valence-electron chi connectivity index (χ1n) is 8.46. The Kier molecular flexibility index (Phi) is 5.32. The molecule has 0 spiro atoms. The number of fused-ring (bicyclic) bond motifs is 1. The van der Waals surface area contributed by atoms with Crippen molar-refractivity contribution in [2.24, 2.45) is 5.92 Å². The molecule has 2 aliphatic heterocycles. The maximum atomic E-state index is 12.3. The number of halogens is 3. The molecule has 24 heavy (non-hydrogen) atoms. The number of aryl methyl sites for hydroxylation is 1. The zero-order valence-corrected chi connectivity index (χ0v) is 13.9. The number of rotatable bonds is 5. The van der Waals surface area contributed by atoms with E-state index in [0.29, 0.717) is 5.92 Å². The molecule has 0 atom stereocenters.